The Labute approximate surface area is 104 Å². The molecule has 0 aliphatic carbocycles. The van der Waals surface area contributed by atoms with Gasteiger partial charge in [-0.3, -0.25) is 4.79 Å². The third kappa shape index (κ3) is 2.44. The molecule has 0 unspecified atom stereocenters. The highest BCUT2D eigenvalue weighted by Gasteiger charge is 2.09. The molecule has 17 heavy (non-hydrogen) atoms. The minimum absolute atomic E-state index is 0.0833. The third-order valence-electron chi connectivity index (χ3n) is 2.41. The number of hydrogen-bond donors (Lipinski definition) is 1. The number of aryl methyl sites for hydroxylation is 1. The lowest BCUT2D eigenvalue weighted by Crippen LogP contribution is -2.12. The number of fused-ring (bicyclic) bond motifs is 1. The first kappa shape index (κ1) is 12.0. The van der Waals surface area contributed by atoms with E-state index in [0.29, 0.717) is 21.9 Å². The molecule has 90 valence electrons. The quantitative estimate of drug-likeness (QED) is 0.887. The predicted octanol–water partition coefficient (Wildman–Crippen LogP) is 3.58. The van der Waals surface area contributed by atoms with Gasteiger partial charge in [0.15, 0.2) is 11.3 Å². The number of benzene rings is 1. The Kier molecular flexibility index (Phi) is 3.11. The van der Waals surface area contributed by atoms with Crippen molar-refractivity contribution in [2.24, 2.45) is 0 Å². The molecule has 1 aromatic carbocycles. The molecule has 0 radical (unpaired) electrons. The van der Waals surface area contributed by atoms with Gasteiger partial charge in [-0.05, 0) is 38.5 Å². The topological polar surface area (TPSA) is 42.2 Å². The molecule has 1 heterocycles. The van der Waals surface area contributed by atoms with Crippen LogP contribution < -0.4 is 10.7 Å². The van der Waals surface area contributed by atoms with Gasteiger partial charge in [-0.1, -0.05) is 11.6 Å². The molecule has 0 amide bonds. The van der Waals surface area contributed by atoms with Gasteiger partial charge in [0.05, 0.1) is 5.39 Å². The maximum atomic E-state index is 11.9. The van der Waals surface area contributed by atoms with Crippen molar-refractivity contribution >= 4 is 28.5 Å². The van der Waals surface area contributed by atoms with E-state index in [1.165, 1.54) is 6.07 Å². The summed E-state index contributed by atoms with van der Waals surface area (Å²) in [5.41, 5.74) is 1.36. The van der Waals surface area contributed by atoms with E-state index in [1.807, 2.05) is 20.8 Å². The van der Waals surface area contributed by atoms with Gasteiger partial charge < -0.3 is 9.73 Å². The highest BCUT2D eigenvalue weighted by Crippen LogP contribution is 2.23. The molecule has 3 nitrogen and oxygen atoms in total. The van der Waals surface area contributed by atoms with Crippen molar-refractivity contribution in [3.05, 3.63) is 39.0 Å². The lowest BCUT2D eigenvalue weighted by Gasteiger charge is -2.10. The highest BCUT2D eigenvalue weighted by molar-refractivity contribution is 6.31. The largest absolute Gasteiger partial charge is 0.440 e. The van der Waals surface area contributed by atoms with Gasteiger partial charge >= 0.3 is 0 Å². The van der Waals surface area contributed by atoms with Crippen LogP contribution in [-0.2, 0) is 0 Å². The fourth-order valence-electron chi connectivity index (χ4n) is 1.74. The van der Waals surface area contributed by atoms with Crippen LogP contribution in [0.15, 0.2) is 27.4 Å². The van der Waals surface area contributed by atoms with E-state index < -0.39 is 0 Å². The van der Waals surface area contributed by atoms with Gasteiger partial charge in [-0.25, -0.2) is 0 Å². The van der Waals surface area contributed by atoms with Crippen molar-refractivity contribution in [1.29, 1.82) is 0 Å². The molecule has 0 bridgehead atoms. The highest BCUT2D eigenvalue weighted by atomic mass is 35.5. The van der Waals surface area contributed by atoms with Gasteiger partial charge in [-0.2, -0.15) is 0 Å². The molecule has 0 saturated carbocycles. The number of halogens is 1. The van der Waals surface area contributed by atoms with Crippen LogP contribution in [0.5, 0.6) is 0 Å². The molecular weight excluding hydrogens is 238 g/mol. The summed E-state index contributed by atoms with van der Waals surface area (Å²) in [4.78, 5) is 11.9. The summed E-state index contributed by atoms with van der Waals surface area (Å²) >= 11 is 5.92. The van der Waals surface area contributed by atoms with E-state index in [4.69, 9.17) is 16.0 Å². The predicted molar refractivity (Wildman–Crippen MR) is 71.0 cm³/mol. The third-order valence-corrected chi connectivity index (χ3v) is 2.63. The summed E-state index contributed by atoms with van der Waals surface area (Å²) in [6.07, 6.45) is 0. The Morgan fingerprint density at radius 2 is 2.00 bits per heavy atom. The molecule has 1 N–H and O–H groups in total. The van der Waals surface area contributed by atoms with Gasteiger partial charge in [0.1, 0.15) is 5.58 Å². The van der Waals surface area contributed by atoms with Crippen molar-refractivity contribution in [3.8, 4) is 0 Å². The first-order valence-corrected chi connectivity index (χ1v) is 5.85. The SMILES string of the molecule is Cc1cc(Cl)cc2c(=O)cc(NC(C)C)oc12. The Hall–Kier alpha value is -1.48. The Morgan fingerprint density at radius 3 is 2.65 bits per heavy atom. The summed E-state index contributed by atoms with van der Waals surface area (Å²) < 4.78 is 5.67. The van der Waals surface area contributed by atoms with E-state index in [9.17, 15) is 4.79 Å². The molecule has 1 aromatic heterocycles. The van der Waals surface area contributed by atoms with E-state index in [2.05, 4.69) is 5.32 Å². The Balaban J connectivity index is 2.69. The zero-order valence-electron chi connectivity index (χ0n) is 10.0. The summed E-state index contributed by atoms with van der Waals surface area (Å²) in [5.74, 6) is 0.489. The van der Waals surface area contributed by atoms with E-state index >= 15 is 0 Å². The van der Waals surface area contributed by atoms with Crippen molar-refractivity contribution < 1.29 is 4.42 Å². The number of nitrogens with one attached hydrogen (secondary N) is 1. The summed E-state index contributed by atoms with van der Waals surface area (Å²) in [6, 6.07) is 5.09. The molecule has 4 heteroatoms. The van der Waals surface area contributed by atoms with Gasteiger partial charge in [0, 0.05) is 17.1 Å². The Bertz CT molecular complexity index is 617. The van der Waals surface area contributed by atoms with Crippen LogP contribution >= 0.6 is 11.6 Å². The fraction of sp³-hybridized carbons (Fsp3) is 0.308. The summed E-state index contributed by atoms with van der Waals surface area (Å²) in [5, 5.41) is 4.15. The van der Waals surface area contributed by atoms with Crippen LogP contribution in [0.2, 0.25) is 5.02 Å². The number of rotatable bonds is 2. The lowest BCUT2D eigenvalue weighted by molar-refractivity contribution is 0.603. The number of anilines is 1. The molecule has 0 fully saturated rings. The van der Waals surface area contributed by atoms with Gasteiger partial charge in [0.25, 0.3) is 0 Å². The second-order valence-electron chi connectivity index (χ2n) is 4.37. The first-order chi connectivity index (χ1) is 7.97. The van der Waals surface area contributed by atoms with Crippen molar-refractivity contribution in [2.75, 3.05) is 5.32 Å². The monoisotopic (exact) mass is 251 g/mol. The number of hydrogen-bond acceptors (Lipinski definition) is 3. The van der Waals surface area contributed by atoms with Crippen molar-refractivity contribution in [2.45, 2.75) is 26.8 Å². The molecule has 0 aliphatic rings. The lowest BCUT2D eigenvalue weighted by atomic mass is 10.1. The normalized spacial score (nSPS) is 11.1. The second-order valence-corrected chi connectivity index (χ2v) is 4.81. The summed E-state index contributed by atoms with van der Waals surface area (Å²) in [7, 11) is 0. The molecule has 0 atom stereocenters. The minimum atomic E-state index is -0.0833. The maximum Gasteiger partial charge on any atom is 0.197 e. The van der Waals surface area contributed by atoms with Gasteiger partial charge in [0.2, 0.25) is 0 Å². The van der Waals surface area contributed by atoms with Crippen LogP contribution in [0.3, 0.4) is 0 Å². The average Bonchev–Trinajstić information content (AvgIpc) is 2.19. The Morgan fingerprint density at radius 1 is 1.29 bits per heavy atom. The summed E-state index contributed by atoms with van der Waals surface area (Å²) in [6.45, 7) is 5.84. The molecule has 0 aliphatic heterocycles. The molecule has 2 aromatic rings. The van der Waals surface area contributed by atoms with Crippen LogP contribution in [0, 0.1) is 6.92 Å². The van der Waals surface area contributed by atoms with E-state index in [-0.39, 0.29) is 11.5 Å². The van der Waals surface area contributed by atoms with Crippen molar-refractivity contribution in [3.63, 3.8) is 0 Å². The first-order valence-electron chi connectivity index (χ1n) is 5.48. The fourth-order valence-corrected chi connectivity index (χ4v) is 2.01. The maximum absolute atomic E-state index is 11.9. The van der Waals surface area contributed by atoms with E-state index in [1.54, 1.807) is 12.1 Å². The zero-order valence-corrected chi connectivity index (χ0v) is 10.8. The molecule has 0 saturated heterocycles. The standard InChI is InChI=1S/C13H14ClNO2/c1-7(2)15-12-6-11(16)10-5-9(14)4-8(3)13(10)17-12/h4-7,15H,1-3H3. The van der Waals surface area contributed by atoms with Crippen molar-refractivity contribution in [1.82, 2.24) is 0 Å². The van der Waals surface area contributed by atoms with E-state index in [0.717, 1.165) is 5.56 Å². The average molecular weight is 252 g/mol. The smallest absolute Gasteiger partial charge is 0.197 e. The van der Waals surface area contributed by atoms with Crippen LogP contribution in [0.1, 0.15) is 19.4 Å². The van der Waals surface area contributed by atoms with Crippen LogP contribution in [-0.4, -0.2) is 6.04 Å². The molecule has 0 spiro atoms. The van der Waals surface area contributed by atoms with Crippen LogP contribution in [0.25, 0.3) is 11.0 Å². The van der Waals surface area contributed by atoms with Crippen LogP contribution in [0.4, 0.5) is 5.88 Å². The molecular formula is C13H14ClNO2. The zero-order chi connectivity index (χ0) is 12.6. The molecule has 2 rings (SSSR count). The minimum Gasteiger partial charge on any atom is -0.440 e. The second kappa shape index (κ2) is 4.41. The van der Waals surface area contributed by atoms with Gasteiger partial charge in [-0.15, -0.1) is 0 Å².